The molecule has 31 heavy (non-hydrogen) atoms. The Morgan fingerprint density at radius 1 is 1.10 bits per heavy atom. The number of hydrogen-bond donors (Lipinski definition) is 2. The van der Waals surface area contributed by atoms with Crippen molar-refractivity contribution >= 4 is 38.4 Å². The second-order valence-electron chi connectivity index (χ2n) is 9.54. The number of aromatic amines is 1. The average molecular weight is 486 g/mol. The Bertz CT molecular complexity index is 1110. The number of aromatic hydroxyl groups is 1. The molecule has 0 saturated heterocycles. The highest BCUT2D eigenvalue weighted by atomic mass is 79.9. The van der Waals surface area contributed by atoms with Crippen LogP contribution in [0.2, 0.25) is 0 Å². The van der Waals surface area contributed by atoms with Crippen LogP contribution < -0.4 is 4.74 Å². The van der Waals surface area contributed by atoms with Gasteiger partial charge in [-0.3, -0.25) is 4.79 Å². The lowest BCUT2D eigenvalue weighted by Gasteiger charge is -2.33. The van der Waals surface area contributed by atoms with Crippen LogP contribution in [0.5, 0.6) is 11.6 Å². The van der Waals surface area contributed by atoms with Gasteiger partial charge in [-0.15, -0.1) is 10.2 Å². The fraction of sp³-hybridized carbons (Fsp3) is 0.375. The Hall–Kier alpha value is -2.67. The van der Waals surface area contributed by atoms with Gasteiger partial charge in [0.25, 0.3) is 0 Å². The number of carbonyl (C=O) groups is 1. The molecule has 0 fully saturated rings. The number of amides is 1. The Labute approximate surface area is 190 Å². The second kappa shape index (κ2) is 8.83. The fourth-order valence-electron chi connectivity index (χ4n) is 3.95. The third-order valence-corrected chi connectivity index (χ3v) is 5.44. The Morgan fingerprint density at radius 2 is 1.77 bits per heavy atom. The summed E-state index contributed by atoms with van der Waals surface area (Å²) in [6.07, 6.45) is 1.05. The van der Waals surface area contributed by atoms with Crippen LogP contribution in [0.25, 0.3) is 10.9 Å². The van der Waals surface area contributed by atoms with Crippen LogP contribution in [-0.4, -0.2) is 22.6 Å². The minimum atomic E-state index is -0.541. The average Bonchev–Trinajstić information content (AvgIpc) is 2.97. The molecule has 0 saturated carbocycles. The zero-order valence-electron chi connectivity index (χ0n) is 18.5. The molecule has 1 aromatic heterocycles. The van der Waals surface area contributed by atoms with Crippen LogP contribution >= 0.6 is 15.9 Å². The van der Waals surface area contributed by atoms with Gasteiger partial charge < -0.3 is 14.8 Å². The normalized spacial score (nSPS) is 12.6. The van der Waals surface area contributed by atoms with E-state index < -0.39 is 5.91 Å². The van der Waals surface area contributed by atoms with E-state index in [1.165, 1.54) is 5.56 Å². The Kier molecular flexibility index (Phi) is 6.55. The number of azo groups is 1. The summed E-state index contributed by atoms with van der Waals surface area (Å²) in [5.41, 5.74) is 2.41. The molecule has 0 spiro atoms. The van der Waals surface area contributed by atoms with Crippen molar-refractivity contribution in [3.05, 3.63) is 52.5 Å². The summed E-state index contributed by atoms with van der Waals surface area (Å²) in [6, 6.07) is 13.2. The number of nitrogens with zero attached hydrogens (tertiary/aromatic N) is 2. The van der Waals surface area contributed by atoms with Crippen molar-refractivity contribution in [3.8, 4) is 11.6 Å². The number of ether oxygens (including phenoxy) is 1. The first-order valence-corrected chi connectivity index (χ1v) is 10.9. The van der Waals surface area contributed by atoms with E-state index in [2.05, 4.69) is 65.8 Å². The van der Waals surface area contributed by atoms with E-state index in [1.54, 1.807) is 12.1 Å². The molecule has 1 amide bonds. The van der Waals surface area contributed by atoms with Crippen molar-refractivity contribution in [2.75, 3.05) is 6.61 Å². The van der Waals surface area contributed by atoms with Crippen LogP contribution in [0.4, 0.5) is 5.69 Å². The molecule has 0 atom stereocenters. The van der Waals surface area contributed by atoms with E-state index in [-0.39, 0.29) is 29.0 Å². The molecule has 3 rings (SSSR count). The fourth-order valence-corrected chi connectivity index (χ4v) is 4.31. The minimum absolute atomic E-state index is 0.0388. The van der Waals surface area contributed by atoms with Gasteiger partial charge in [-0.25, -0.2) is 0 Å². The number of aromatic nitrogens is 1. The highest BCUT2D eigenvalue weighted by Gasteiger charge is 2.27. The van der Waals surface area contributed by atoms with E-state index in [1.807, 2.05) is 30.3 Å². The molecule has 2 N–H and O–H groups in total. The molecule has 0 unspecified atom stereocenters. The third kappa shape index (κ3) is 5.94. The molecule has 0 radical (unpaired) electrons. The summed E-state index contributed by atoms with van der Waals surface area (Å²) >= 11 is 3.38. The van der Waals surface area contributed by atoms with Crippen molar-refractivity contribution in [2.45, 2.75) is 46.5 Å². The maximum atomic E-state index is 12.1. The van der Waals surface area contributed by atoms with Crippen molar-refractivity contribution in [1.82, 2.24) is 4.98 Å². The zero-order valence-corrected chi connectivity index (χ0v) is 20.1. The van der Waals surface area contributed by atoms with Gasteiger partial charge in [-0.1, -0.05) is 62.7 Å². The lowest BCUT2D eigenvalue weighted by Crippen LogP contribution is -2.24. The number of H-pyrrole nitrogens is 1. The minimum Gasteiger partial charge on any atom is -0.493 e. The summed E-state index contributed by atoms with van der Waals surface area (Å²) < 4.78 is 6.39. The van der Waals surface area contributed by atoms with Gasteiger partial charge in [0.05, 0.1) is 5.52 Å². The van der Waals surface area contributed by atoms with Gasteiger partial charge in [-0.2, -0.15) is 0 Å². The summed E-state index contributed by atoms with van der Waals surface area (Å²) in [7, 11) is 0. The molecule has 164 valence electrons. The van der Waals surface area contributed by atoms with Crippen LogP contribution in [-0.2, 0) is 10.2 Å². The number of carbonyl (C=O) groups excluding carboxylic acids is 1. The molecular weight excluding hydrogens is 458 g/mol. The monoisotopic (exact) mass is 485 g/mol. The number of fused-ring (bicyclic) bond motifs is 1. The van der Waals surface area contributed by atoms with E-state index in [9.17, 15) is 9.90 Å². The summed E-state index contributed by atoms with van der Waals surface area (Å²) in [5, 5.41) is 18.3. The summed E-state index contributed by atoms with van der Waals surface area (Å²) in [6.45, 7) is 10.9. The molecule has 3 aromatic rings. The lowest BCUT2D eigenvalue weighted by atomic mass is 9.72. The quantitative estimate of drug-likeness (QED) is 0.367. The molecule has 6 nitrogen and oxygen atoms in total. The predicted molar refractivity (Wildman–Crippen MR) is 126 cm³/mol. The zero-order chi connectivity index (χ0) is 22.8. The number of halogens is 1. The maximum absolute atomic E-state index is 12.1. The Morgan fingerprint density at radius 3 is 2.42 bits per heavy atom. The van der Waals surface area contributed by atoms with Crippen molar-refractivity contribution in [3.63, 3.8) is 0 Å². The first-order valence-electron chi connectivity index (χ1n) is 10.1. The van der Waals surface area contributed by atoms with Crippen molar-refractivity contribution in [1.29, 1.82) is 0 Å². The second-order valence-corrected chi connectivity index (χ2v) is 10.5. The van der Waals surface area contributed by atoms with Gasteiger partial charge in [0.15, 0.2) is 12.3 Å². The van der Waals surface area contributed by atoms with Crippen molar-refractivity contribution < 1.29 is 14.6 Å². The number of hydrogen-bond acceptors (Lipinski definition) is 4. The molecule has 0 aliphatic carbocycles. The van der Waals surface area contributed by atoms with Crippen LogP contribution in [0, 0.1) is 5.41 Å². The SMILES string of the molecule is CC(C)(C)CC(C)(C)c1ccc(OCC(=O)N=Nc2c(O)[nH]c3ccc(Br)cc23)cc1. The van der Waals surface area contributed by atoms with Gasteiger partial charge in [0, 0.05) is 9.86 Å². The number of benzene rings is 2. The predicted octanol–water partition coefficient (Wildman–Crippen LogP) is 7.04. The standard InChI is InChI=1S/C24H28BrN3O3/c1-23(2,3)14-24(4,5)15-6-9-17(10-7-15)31-13-20(29)27-28-21-18-12-16(25)8-11-19(18)26-22(21)30/h6-12,26,30H,13-14H2,1-5H3. The largest absolute Gasteiger partial charge is 0.493 e. The highest BCUT2D eigenvalue weighted by Crippen LogP contribution is 2.37. The van der Waals surface area contributed by atoms with Crippen LogP contribution in [0.1, 0.15) is 46.6 Å². The number of nitrogens with one attached hydrogen (secondary N) is 1. The van der Waals surface area contributed by atoms with E-state index >= 15 is 0 Å². The third-order valence-electron chi connectivity index (χ3n) is 4.95. The smallest absolute Gasteiger partial charge is 0.302 e. The molecule has 2 aromatic carbocycles. The molecule has 0 aliphatic rings. The molecule has 7 heteroatoms. The first kappa shape index (κ1) is 23.0. The number of rotatable bonds is 6. The molecular formula is C24H28BrN3O3. The van der Waals surface area contributed by atoms with E-state index in [4.69, 9.17) is 4.74 Å². The van der Waals surface area contributed by atoms with Gasteiger partial charge >= 0.3 is 5.91 Å². The van der Waals surface area contributed by atoms with Gasteiger partial charge in [0.1, 0.15) is 5.75 Å². The van der Waals surface area contributed by atoms with Crippen molar-refractivity contribution in [2.24, 2.45) is 15.6 Å². The molecule has 0 aliphatic heterocycles. The van der Waals surface area contributed by atoms with Crippen LogP contribution in [0.15, 0.2) is 57.2 Å². The van der Waals surface area contributed by atoms with E-state index in [0.717, 1.165) is 10.9 Å². The summed E-state index contributed by atoms with van der Waals surface area (Å²) in [4.78, 5) is 14.9. The first-order chi connectivity index (χ1) is 14.4. The maximum Gasteiger partial charge on any atom is 0.302 e. The van der Waals surface area contributed by atoms with E-state index in [0.29, 0.717) is 16.7 Å². The summed E-state index contributed by atoms with van der Waals surface area (Å²) in [5.74, 6) is -0.0855. The van der Waals surface area contributed by atoms with Gasteiger partial charge in [0.2, 0.25) is 5.88 Å². The van der Waals surface area contributed by atoms with Gasteiger partial charge in [-0.05, 0) is 53.1 Å². The van der Waals surface area contributed by atoms with Crippen LogP contribution in [0.3, 0.4) is 0 Å². The highest BCUT2D eigenvalue weighted by molar-refractivity contribution is 9.10. The molecule has 0 bridgehead atoms. The molecule has 1 heterocycles. The topological polar surface area (TPSA) is 87.0 Å². The Balaban J connectivity index is 1.63. The lowest BCUT2D eigenvalue weighted by molar-refractivity contribution is -0.120.